The third-order valence-electron chi connectivity index (χ3n) is 4.59. The molecule has 3 heterocycles. The number of thioether (sulfide) groups is 1. The van der Waals surface area contributed by atoms with Gasteiger partial charge in [-0.15, -0.1) is 0 Å². The summed E-state index contributed by atoms with van der Waals surface area (Å²) in [5.41, 5.74) is 5.85. The molecule has 6 heteroatoms. The maximum atomic E-state index is 4.84. The first-order valence-electron chi connectivity index (χ1n) is 9.89. The molecule has 0 spiro atoms. The molecule has 0 saturated heterocycles. The average Bonchev–Trinajstić information content (AvgIpc) is 3.13. The minimum absolute atomic E-state index is 0.257. The number of hydrogen-bond donors (Lipinski definition) is 3. The van der Waals surface area contributed by atoms with Gasteiger partial charge in [-0.25, -0.2) is 0 Å². The molecular formula is C23H29N5S. The van der Waals surface area contributed by atoms with Crippen LogP contribution in [0.3, 0.4) is 0 Å². The molecule has 3 N–H and O–H groups in total. The molecule has 0 atom stereocenters. The topological polar surface area (TPSA) is 61.9 Å². The van der Waals surface area contributed by atoms with E-state index in [2.05, 4.69) is 73.3 Å². The van der Waals surface area contributed by atoms with E-state index in [1.54, 1.807) is 18.0 Å². The van der Waals surface area contributed by atoms with Gasteiger partial charge in [-0.1, -0.05) is 45.7 Å². The van der Waals surface area contributed by atoms with Crippen LogP contribution in [-0.2, 0) is 0 Å². The lowest BCUT2D eigenvalue weighted by Crippen LogP contribution is -2.33. The van der Waals surface area contributed by atoms with Gasteiger partial charge in [0, 0.05) is 41.1 Å². The van der Waals surface area contributed by atoms with Crippen LogP contribution >= 0.6 is 11.8 Å². The Morgan fingerprint density at radius 1 is 1.31 bits per heavy atom. The zero-order valence-electron chi connectivity index (χ0n) is 17.6. The Kier molecular flexibility index (Phi) is 6.64. The Bertz CT molecular complexity index is 1060. The van der Waals surface area contributed by atoms with Crippen LogP contribution < -0.4 is 26.5 Å². The van der Waals surface area contributed by atoms with E-state index in [0.29, 0.717) is 0 Å². The second-order valence-electron chi connectivity index (χ2n) is 7.39. The monoisotopic (exact) mass is 407 g/mol. The zero-order chi connectivity index (χ0) is 21.0. The number of pyridine rings is 2. The molecule has 0 amide bonds. The van der Waals surface area contributed by atoms with Crippen molar-refractivity contribution in [2.45, 2.75) is 40.0 Å². The van der Waals surface area contributed by atoms with Crippen LogP contribution in [-0.4, -0.2) is 16.5 Å². The summed E-state index contributed by atoms with van der Waals surface area (Å²) in [7, 11) is 0. The summed E-state index contributed by atoms with van der Waals surface area (Å²) in [5.74, 6) is 0.257. The van der Waals surface area contributed by atoms with E-state index in [0.717, 1.165) is 62.6 Å². The van der Waals surface area contributed by atoms with E-state index in [1.165, 1.54) is 0 Å². The van der Waals surface area contributed by atoms with E-state index < -0.39 is 0 Å². The van der Waals surface area contributed by atoms with Crippen LogP contribution in [0.1, 0.15) is 51.3 Å². The quantitative estimate of drug-likeness (QED) is 0.645. The number of rotatable bonds is 7. The lowest BCUT2D eigenvalue weighted by atomic mass is 10.1. The van der Waals surface area contributed by atoms with Gasteiger partial charge in [0.15, 0.2) is 0 Å². The van der Waals surface area contributed by atoms with Gasteiger partial charge < -0.3 is 16.0 Å². The number of hydrogen-bond acceptors (Lipinski definition) is 6. The van der Waals surface area contributed by atoms with E-state index in [-0.39, 0.29) is 5.92 Å². The first-order valence-corrected chi connectivity index (χ1v) is 10.8. The van der Waals surface area contributed by atoms with Crippen molar-refractivity contribution in [3.05, 3.63) is 64.0 Å². The zero-order valence-corrected chi connectivity index (χ0v) is 18.4. The SMILES string of the molecule is C=C(NCCC)c1cnccc1Nc1c/c(=C2\NC(C)=CS2)c(=C)nc1C(C)C. The molecule has 0 bridgehead atoms. The van der Waals surface area contributed by atoms with Crippen LogP contribution in [0.25, 0.3) is 17.3 Å². The number of aromatic nitrogens is 2. The summed E-state index contributed by atoms with van der Waals surface area (Å²) in [6.07, 6.45) is 4.66. The second kappa shape index (κ2) is 9.18. The van der Waals surface area contributed by atoms with E-state index >= 15 is 0 Å². The molecule has 1 aliphatic rings. The van der Waals surface area contributed by atoms with Gasteiger partial charge >= 0.3 is 0 Å². The molecule has 1 aliphatic heterocycles. The van der Waals surface area contributed by atoms with Crippen LogP contribution in [0.5, 0.6) is 0 Å². The van der Waals surface area contributed by atoms with Crippen molar-refractivity contribution >= 4 is 40.4 Å². The Morgan fingerprint density at radius 2 is 2.10 bits per heavy atom. The maximum absolute atomic E-state index is 4.84. The van der Waals surface area contributed by atoms with Gasteiger partial charge in [-0.3, -0.25) is 9.97 Å². The molecule has 0 aliphatic carbocycles. The first kappa shape index (κ1) is 21.0. The highest BCUT2D eigenvalue weighted by atomic mass is 32.2. The molecule has 5 nitrogen and oxygen atoms in total. The van der Waals surface area contributed by atoms with Crippen LogP contribution in [0.2, 0.25) is 0 Å². The summed E-state index contributed by atoms with van der Waals surface area (Å²) in [4.78, 5) is 9.12. The maximum Gasteiger partial charge on any atom is 0.0862 e. The molecule has 2 aromatic rings. The fourth-order valence-corrected chi connectivity index (χ4v) is 3.96. The van der Waals surface area contributed by atoms with Crippen molar-refractivity contribution in [3.63, 3.8) is 0 Å². The Morgan fingerprint density at radius 3 is 2.76 bits per heavy atom. The Hall–Kier alpha value is -2.73. The molecule has 0 saturated carbocycles. The second-order valence-corrected chi connectivity index (χ2v) is 8.27. The molecule has 29 heavy (non-hydrogen) atoms. The van der Waals surface area contributed by atoms with Crippen molar-refractivity contribution in [2.24, 2.45) is 0 Å². The van der Waals surface area contributed by atoms with Gasteiger partial charge in [0.25, 0.3) is 0 Å². The summed E-state index contributed by atoms with van der Waals surface area (Å²) < 4.78 is 0. The highest BCUT2D eigenvalue weighted by Gasteiger charge is 2.15. The molecule has 0 radical (unpaired) electrons. The van der Waals surface area contributed by atoms with Gasteiger partial charge in [0.05, 0.1) is 27.4 Å². The molecule has 0 aromatic carbocycles. The summed E-state index contributed by atoms with van der Waals surface area (Å²) in [5, 5.41) is 15.3. The molecule has 0 unspecified atom stereocenters. The molecule has 152 valence electrons. The molecule has 0 fully saturated rings. The fraction of sp³-hybridized carbons (Fsp3) is 0.304. The standard InChI is InChI=1S/C23H29N5S/c1-7-9-25-16(5)19-12-24-10-8-20(19)28-21-11-18(23-26-15(4)13-29-23)17(6)27-22(21)14(2)3/h8,10-14,25-26H,5-7,9H2,1-4H3,(H,24,28)/b23-18-. The normalized spacial score (nSPS) is 15.1. The van der Waals surface area contributed by atoms with E-state index in [1.807, 2.05) is 12.3 Å². The lowest BCUT2D eigenvalue weighted by Gasteiger charge is -2.18. The number of anilines is 2. The van der Waals surface area contributed by atoms with Gasteiger partial charge in [-0.2, -0.15) is 0 Å². The fourth-order valence-electron chi connectivity index (χ4n) is 3.08. The molecule has 3 rings (SSSR count). The van der Waals surface area contributed by atoms with Gasteiger partial charge in [0.1, 0.15) is 0 Å². The minimum atomic E-state index is 0.257. The predicted molar refractivity (Wildman–Crippen MR) is 126 cm³/mol. The van der Waals surface area contributed by atoms with Crippen LogP contribution in [0.15, 0.2) is 42.2 Å². The largest absolute Gasteiger partial charge is 0.385 e. The smallest absolute Gasteiger partial charge is 0.0862 e. The van der Waals surface area contributed by atoms with Crippen molar-refractivity contribution in [3.8, 4) is 0 Å². The van der Waals surface area contributed by atoms with Crippen molar-refractivity contribution < 1.29 is 0 Å². The number of allylic oxidation sites excluding steroid dienone is 1. The highest BCUT2D eigenvalue weighted by molar-refractivity contribution is 8.10. The summed E-state index contributed by atoms with van der Waals surface area (Å²) in [6.45, 7) is 17.7. The summed E-state index contributed by atoms with van der Waals surface area (Å²) >= 11 is 1.67. The Balaban J connectivity index is 2.06. The molecule has 2 aromatic heterocycles. The minimum Gasteiger partial charge on any atom is -0.385 e. The van der Waals surface area contributed by atoms with Crippen LogP contribution in [0, 0.1) is 0 Å². The average molecular weight is 408 g/mol. The number of nitrogens with one attached hydrogen (secondary N) is 3. The number of nitrogens with zero attached hydrogens (tertiary/aromatic N) is 2. The predicted octanol–water partition coefficient (Wildman–Crippen LogP) is 3.99. The third kappa shape index (κ3) is 4.82. The van der Waals surface area contributed by atoms with Crippen molar-refractivity contribution in [1.82, 2.24) is 20.6 Å². The third-order valence-corrected chi connectivity index (χ3v) is 5.62. The van der Waals surface area contributed by atoms with Crippen molar-refractivity contribution in [2.75, 3.05) is 11.9 Å². The van der Waals surface area contributed by atoms with Gasteiger partial charge in [0.2, 0.25) is 0 Å². The van der Waals surface area contributed by atoms with Crippen molar-refractivity contribution in [1.29, 1.82) is 0 Å². The molecular weight excluding hydrogens is 378 g/mol. The Labute approximate surface area is 177 Å². The first-order chi connectivity index (χ1) is 13.9. The van der Waals surface area contributed by atoms with E-state index in [4.69, 9.17) is 4.98 Å². The highest BCUT2D eigenvalue weighted by Crippen LogP contribution is 2.28. The lowest BCUT2D eigenvalue weighted by molar-refractivity contribution is 0.817. The van der Waals surface area contributed by atoms with Gasteiger partial charge in [-0.05, 0) is 36.8 Å². The summed E-state index contributed by atoms with van der Waals surface area (Å²) in [6, 6.07) is 4.11. The van der Waals surface area contributed by atoms with Crippen LogP contribution in [0.4, 0.5) is 11.4 Å². The van der Waals surface area contributed by atoms with E-state index in [9.17, 15) is 0 Å².